The lowest BCUT2D eigenvalue weighted by Gasteiger charge is -2.35. The molecule has 12 heteroatoms. The van der Waals surface area contributed by atoms with Crippen LogP contribution in [0.1, 0.15) is 41.9 Å². The molecule has 184 valence electrons. The molecule has 0 bridgehead atoms. The van der Waals surface area contributed by atoms with E-state index in [1.165, 1.54) is 0 Å². The first-order valence-electron chi connectivity index (χ1n) is 10.7. The number of likely N-dealkylation sites (tertiary alicyclic amines) is 1. The molecular formula is C21H23F7N2O2S. The number of nitrogens with one attached hydrogen (secondary N) is 1. The van der Waals surface area contributed by atoms with Crippen molar-refractivity contribution in [2.75, 3.05) is 24.6 Å². The molecule has 1 aromatic rings. The lowest BCUT2D eigenvalue weighted by atomic mass is 9.77. The summed E-state index contributed by atoms with van der Waals surface area (Å²) in [6.07, 6.45) is -10.5. The highest BCUT2D eigenvalue weighted by Gasteiger charge is 2.73. The molecule has 0 aromatic heterocycles. The van der Waals surface area contributed by atoms with Gasteiger partial charge in [-0.15, -0.1) is 0 Å². The number of halogens is 7. The molecule has 2 heterocycles. The Morgan fingerprint density at radius 2 is 1.76 bits per heavy atom. The van der Waals surface area contributed by atoms with E-state index in [9.17, 15) is 39.7 Å². The molecule has 2 fully saturated rings. The fourth-order valence-corrected chi connectivity index (χ4v) is 6.81. The summed E-state index contributed by atoms with van der Waals surface area (Å²) < 4.78 is 105. The van der Waals surface area contributed by atoms with Gasteiger partial charge in [-0.1, -0.05) is 18.2 Å². The highest BCUT2D eigenvalue weighted by atomic mass is 32.2. The second-order valence-electron chi connectivity index (χ2n) is 8.91. The third-order valence-electron chi connectivity index (χ3n) is 6.95. The Kier molecular flexibility index (Phi) is 6.20. The molecule has 2 saturated heterocycles. The molecule has 4 rings (SSSR count). The number of nitrogens with zero attached hydrogens (tertiary/aromatic N) is 1. The maximum absolute atomic E-state index is 14.5. The minimum absolute atomic E-state index is 0.140. The van der Waals surface area contributed by atoms with Crippen LogP contribution in [0, 0.1) is 5.92 Å². The molecule has 2 unspecified atom stereocenters. The van der Waals surface area contributed by atoms with E-state index in [4.69, 9.17) is 0 Å². The quantitative estimate of drug-likeness (QED) is 0.619. The van der Waals surface area contributed by atoms with Crippen LogP contribution in [-0.4, -0.2) is 58.1 Å². The second-order valence-corrected chi connectivity index (χ2v) is 10.5. The summed E-state index contributed by atoms with van der Waals surface area (Å²) in [6.45, 7) is 0.809. The van der Waals surface area contributed by atoms with Gasteiger partial charge in [-0.25, -0.2) is 9.18 Å². The summed E-state index contributed by atoms with van der Waals surface area (Å²) in [5.41, 5.74) is -6.11. The number of hydrogen-bond donors (Lipinski definition) is 1. The number of rotatable bonds is 3. The van der Waals surface area contributed by atoms with Gasteiger partial charge in [-0.2, -0.15) is 26.3 Å². The fourth-order valence-electron chi connectivity index (χ4n) is 5.24. The highest BCUT2D eigenvalue weighted by Crippen LogP contribution is 2.54. The van der Waals surface area contributed by atoms with E-state index >= 15 is 0 Å². The normalized spacial score (nSPS) is 27.9. The molecule has 0 spiro atoms. The Hall–Kier alpha value is -1.85. The summed E-state index contributed by atoms with van der Waals surface area (Å²) in [5, 5.41) is 2.86. The van der Waals surface area contributed by atoms with E-state index in [-0.39, 0.29) is 35.9 Å². The number of urea groups is 1. The summed E-state index contributed by atoms with van der Waals surface area (Å²) in [5.74, 6) is 1.09. The smallest absolute Gasteiger partial charge is 0.338 e. The summed E-state index contributed by atoms with van der Waals surface area (Å²) in [7, 11) is -0.853. The molecule has 4 atom stereocenters. The third kappa shape index (κ3) is 4.23. The van der Waals surface area contributed by atoms with Crippen LogP contribution < -0.4 is 5.32 Å². The van der Waals surface area contributed by atoms with Crippen molar-refractivity contribution in [3.63, 3.8) is 0 Å². The molecule has 1 aliphatic carbocycles. The van der Waals surface area contributed by atoms with Gasteiger partial charge >= 0.3 is 24.1 Å². The minimum Gasteiger partial charge on any atom is -0.338 e. The average molecular weight is 500 g/mol. The maximum Gasteiger partial charge on any atom is 0.435 e. The van der Waals surface area contributed by atoms with E-state index in [1.54, 1.807) is 4.90 Å². The first kappa shape index (κ1) is 24.3. The van der Waals surface area contributed by atoms with Gasteiger partial charge in [-0.3, -0.25) is 4.21 Å². The predicted molar refractivity (Wildman–Crippen MR) is 107 cm³/mol. The molecular weight excluding hydrogens is 477 g/mol. The fraction of sp³-hybridized carbons (Fsp3) is 0.667. The van der Waals surface area contributed by atoms with Crippen molar-refractivity contribution in [3.05, 3.63) is 34.9 Å². The van der Waals surface area contributed by atoms with Gasteiger partial charge in [0.15, 0.2) is 0 Å². The summed E-state index contributed by atoms with van der Waals surface area (Å²) in [4.78, 5) is 14.3. The third-order valence-corrected chi connectivity index (χ3v) is 8.49. The Morgan fingerprint density at radius 3 is 2.36 bits per heavy atom. The zero-order valence-electron chi connectivity index (χ0n) is 17.4. The second kappa shape index (κ2) is 8.42. The SMILES string of the molecule is O=C(NCC1CCS(=O)C1)N1CC[C@H]2c3ccc(C(F)(C(F)(F)F)C(F)(F)F)cc3CC[C@H]21. The lowest BCUT2D eigenvalue weighted by molar-refractivity contribution is -0.348. The minimum atomic E-state index is -6.15. The van der Waals surface area contributed by atoms with Crippen LogP contribution in [0.25, 0.3) is 0 Å². The molecule has 0 saturated carbocycles. The Balaban J connectivity index is 1.51. The highest BCUT2D eigenvalue weighted by molar-refractivity contribution is 7.85. The average Bonchev–Trinajstić information content (AvgIpc) is 3.35. The van der Waals surface area contributed by atoms with Crippen molar-refractivity contribution in [2.24, 2.45) is 5.92 Å². The van der Waals surface area contributed by atoms with Crippen molar-refractivity contribution >= 4 is 16.8 Å². The Bertz CT molecular complexity index is 936. The van der Waals surface area contributed by atoms with Crippen LogP contribution in [0.5, 0.6) is 0 Å². The van der Waals surface area contributed by atoms with Crippen molar-refractivity contribution < 1.29 is 39.7 Å². The van der Waals surface area contributed by atoms with Crippen LogP contribution in [0.4, 0.5) is 35.5 Å². The first-order valence-corrected chi connectivity index (χ1v) is 12.2. The zero-order chi connectivity index (χ0) is 24.2. The van der Waals surface area contributed by atoms with E-state index in [1.807, 2.05) is 0 Å². The number of hydrogen-bond acceptors (Lipinski definition) is 2. The Labute approximate surface area is 188 Å². The Morgan fingerprint density at radius 1 is 1.06 bits per heavy atom. The summed E-state index contributed by atoms with van der Waals surface area (Å²) in [6, 6.07) is 1.86. The van der Waals surface area contributed by atoms with Crippen LogP contribution in [0.3, 0.4) is 0 Å². The van der Waals surface area contributed by atoms with Gasteiger partial charge in [0.1, 0.15) is 0 Å². The largest absolute Gasteiger partial charge is 0.435 e. The van der Waals surface area contributed by atoms with Crippen molar-refractivity contribution in [2.45, 2.75) is 55.7 Å². The van der Waals surface area contributed by atoms with Crippen LogP contribution in [-0.2, 0) is 22.9 Å². The van der Waals surface area contributed by atoms with E-state index in [2.05, 4.69) is 5.32 Å². The van der Waals surface area contributed by atoms with Gasteiger partial charge in [0.05, 0.1) is 0 Å². The maximum atomic E-state index is 14.5. The molecule has 2 amide bonds. The number of carbonyl (C=O) groups excluding carboxylic acids is 1. The molecule has 1 aromatic carbocycles. The lowest BCUT2D eigenvalue weighted by Crippen LogP contribution is -2.50. The topological polar surface area (TPSA) is 49.4 Å². The van der Waals surface area contributed by atoms with Gasteiger partial charge in [0.2, 0.25) is 0 Å². The van der Waals surface area contributed by atoms with Crippen molar-refractivity contribution in [1.29, 1.82) is 0 Å². The molecule has 33 heavy (non-hydrogen) atoms. The number of aryl methyl sites for hydroxylation is 1. The van der Waals surface area contributed by atoms with Crippen molar-refractivity contribution in [1.82, 2.24) is 10.2 Å². The standard InChI is InChI=1S/C21H23F7N2O2S/c22-19(20(23,24)25,21(26,27)28)14-2-3-15-13(9-14)1-4-17-16(15)5-7-30(17)18(31)29-10-12-6-8-33(32)11-12/h2-3,9,12,16-17H,1,4-8,10-11H2,(H,29,31)/t12?,16-,17+,33?/m0/s1. The number of alkyl halides is 7. The van der Waals surface area contributed by atoms with Crippen LogP contribution in [0.2, 0.25) is 0 Å². The van der Waals surface area contributed by atoms with Crippen LogP contribution in [0.15, 0.2) is 18.2 Å². The molecule has 3 aliphatic rings. The number of amides is 2. The van der Waals surface area contributed by atoms with E-state index in [0.717, 1.165) is 12.5 Å². The predicted octanol–water partition coefficient (Wildman–Crippen LogP) is 4.56. The van der Waals surface area contributed by atoms with Gasteiger partial charge in [-0.05, 0) is 42.7 Å². The summed E-state index contributed by atoms with van der Waals surface area (Å²) >= 11 is 0. The van der Waals surface area contributed by atoms with Gasteiger partial charge in [0.25, 0.3) is 0 Å². The molecule has 2 aliphatic heterocycles. The number of carbonyl (C=O) groups is 1. The van der Waals surface area contributed by atoms with Crippen molar-refractivity contribution in [3.8, 4) is 0 Å². The molecule has 1 N–H and O–H groups in total. The zero-order valence-corrected chi connectivity index (χ0v) is 18.3. The number of fused-ring (bicyclic) bond motifs is 3. The monoisotopic (exact) mass is 500 g/mol. The molecule has 0 radical (unpaired) electrons. The van der Waals surface area contributed by atoms with Gasteiger partial charge in [0, 0.05) is 52.9 Å². The molecule has 4 nitrogen and oxygen atoms in total. The van der Waals surface area contributed by atoms with Crippen LogP contribution >= 0.6 is 0 Å². The van der Waals surface area contributed by atoms with E-state index in [0.29, 0.717) is 55.1 Å². The van der Waals surface area contributed by atoms with E-state index < -0.39 is 34.4 Å². The first-order chi connectivity index (χ1) is 15.3. The number of benzene rings is 1. The van der Waals surface area contributed by atoms with Gasteiger partial charge < -0.3 is 10.2 Å².